The lowest BCUT2D eigenvalue weighted by Crippen LogP contribution is -2.50. The second-order valence-corrected chi connectivity index (χ2v) is 7.89. The van der Waals surface area contributed by atoms with Crippen molar-refractivity contribution in [3.05, 3.63) is 89.2 Å². The van der Waals surface area contributed by atoms with Crippen molar-refractivity contribution in [3.8, 4) is 11.8 Å². The van der Waals surface area contributed by atoms with Gasteiger partial charge in [0.2, 0.25) is 17.3 Å². The van der Waals surface area contributed by atoms with Crippen molar-refractivity contribution >= 4 is 17.8 Å². The van der Waals surface area contributed by atoms with Gasteiger partial charge in [0.1, 0.15) is 0 Å². The Bertz CT molecular complexity index is 1090. The number of benzene rings is 2. The van der Waals surface area contributed by atoms with Crippen molar-refractivity contribution in [1.82, 2.24) is 4.90 Å². The third-order valence-corrected chi connectivity index (χ3v) is 4.98. The molecule has 32 heavy (non-hydrogen) atoms. The quantitative estimate of drug-likeness (QED) is 0.538. The van der Waals surface area contributed by atoms with Crippen LogP contribution in [0.2, 0.25) is 0 Å². The van der Waals surface area contributed by atoms with Crippen molar-refractivity contribution in [2.45, 2.75) is 39.0 Å². The van der Waals surface area contributed by atoms with Gasteiger partial charge in [0, 0.05) is 18.2 Å². The molecule has 0 saturated heterocycles. The predicted octanol–water partition coefficient (Wildman–Crippen LogP) is 3.74. The van der Waals surface area contributed by atoms with Crippen molar-refractivity contribution in [1.29, 1.82) is 0 Å². The molecule has 1 amide bonds. The maximum absolute atomic E-state index is 12.9. The summed E-state index contributed by atoms with van der Waals surface area (Å²) in [6, 6.07) is 19.1. The number of hydrogen-bond donors (Lipinski definition) is 1. The largest absolute Gasteiger partial charge is 0.490 e. The topological polar surface area (TPSA) is 66.8 Å². The molecule has 0 heterocycles. The van der Waals surface area contributed by atoms with Gasteiger partial charge >= 0.3 is 0 Å². The Balaban J connectivity index is 1.79. The van der Waals surface area contributed by atoms with Gasteiger partial charge in [0.25, 0.3) is 0 Å². The molecule has 0 bridgehead atoms. The van der Waals surface area contributed by atoms with E-state index in [9.17, 15) is 14.7 Å². The zero-order chi connectivity index (χ0) is 23.1. The average molecular weight is 430 g/mol. The van der Waals surface area contributed by atoms with Gasteiger partial charge < -0.3 is 14.7 Å². The minimum absolute atomic E-state index is 0.0520. The lowest BCUT2D eigenvalue weighted by atomic mass is 9.79. The van der Waals surface area contributed by atoms with E-state index >= 15 is 0 Å². The number of nitrogens with zero attached hydrogens (tertiary/aromatic N) is 1. The molecule has 2 aromatic carbocycles. The third-order valence-electron chi connectivity index (χ3n) is 4.98. The summed E-state index contributed by atoms with van der Waals surface area (Å²) in [7, 11) is 0. The fraction of sp³-hybridized carbons (Fsp3) is 0.259. The maximum Gasteiger partial charge on any atom is 0.247 e. The lowest BCUT2D eigenvalue weighted by molar-refractivity contribution is -0.134. The summed E-state index contributed by atoms with van der Waals surface area (Å²) >= 11 is 0. The highest BCUT2D eigenvalue weighted by Gasteiger charge is 2.52. The third kappa shape index (κ3) is 5.35. The van der Waals surface area contributed by atoms with E-state index < -0.39 is 11.4 Å². The number of aliphatic hydroxyl groups is 1. The first-order valence-electron chi connectivity index (χ1n) is 10.5. The molecule has 0 saturated carbocycles. The van der Waals surface area contributed by atoms with E-state index in [1.807, 2.05) is 74.5 Å². The number of ether oxygens (including phenoxy) is 1. The van der Waals surface area contributed by atoms with Crippen LogP contribution in [-0.2, 0) is 20.9 Å². The summed E-state index contributed by atoms with van der Waals surface area (Å²) in [4.78, 5) is 26.7. The Hall–Kier alpha value is -3.62. The molecule has 1 atom stereocenters. The molecule has 5 heteroatoms. The summed E-state index contributed by atoms with van der Waals surface area (Å²) in [6.45, 7) is 5.64. The molecule has 0 spiro atoms. The van der Waals surface area contributed by atoms with E-state index in [1.54, 1.807) is 17.9 Å². The Morgan fingerprint density at radius 1 is 1.12 bits per heavy atom. The summed E-state index contributed by atoms with van der Waals surface area (Å²) in [5, 5.41) is 10.7. The number of Topliss-reactive ketones (excluding diaryl/α,β-unsaturated/α-hetero) is 1. The van der Waals surface area contributed by atoms with Crippen LogP contribution in [0.3, 0.4) is 0 Å². The van der Waals surface area contributed by atoms with Crippen molar-refractivity contribution in [2.75, 3.05) is 6.54 Å². The van der Waals surface area contributed by atoms with E-state index in [4.69, 9.17) is 4.74 Å². The predicted molar refractivity (Wildman–Crippen MR) is 124 cm³/mol. The van der Waals surface area contributed by atoms with Crippen LogP contribution in [-0.4, -0.2) is 39.9 Å². The average Bonchev–Trinajstić information content (AvgIpc) is 2.81. The molecule has 1 N–H and O–H groups in total. The minimum atomic E-state index is -1.95. The number of hydrogen-bond acceptors (Lipinski definition) is 4. The number of amides is 1. The zero-order valence-corrected chi connectivity index (χ0v) is 18.5. The number of carbonyl (C=O) groups is 2. The van der Waals surface area contributed by atoms with Crippen LogP contribution < -0.4 is 0 Å². The molecule has 0 radical (unpaired) electrons. The van der Waals surface area contributed by atoms with Crippen molar-refractivity contribution in [2.24, 2.45) is 0 Å². The van der Waals surface area contributed by atoms with E-state index in [0.717, 1.165) is 11.1 Å². The first kappa shape index (κ1) is 23.1. The minimum Gasteiger partial charge on any atom is -0.490 e. The van der Waals surface area contributed by atoms with Crippen LogP contribution >= 0.6 is 0 Å². The number of rotatable bonds is 7. The summed E-state index contributed by atoms with van der Waals surface area (Å²) < 4.78 is 5.59. The molecular formula is C27H27NO4. The first-order chi connectivity index (χ1) is 15.3. The Labute approximate surface area is 189 Å². The Morgan fingerprint density at radius 2 is 1.75 bits per heavy atom. The number of ketones is 1. The fourth-order valence-corrected chi connectivity index (χ4v) is 3.32. The van der Waals surface area contributed by atoms with E-state index in [1.165, 1.54) is 6.08 Å². The van der Waals surface area contributed by atoms with Gasteiger partial charge in [0.05, 0.1) is 12.6 Å². The van der Waals surface area contributed by atoms with Gasteiger partial charge in [-0.3, -0.25) is 9.59 Å². The van der Waals surface area contributed by atoms with Crippen LogP contribution in [0, 0.1) is 11.8 Å². The zero-order valence-electron chi connectivity index (χ0n) is 18.5. The molecule has 0 fully saturated rings. The van der Waals surface area contributed by atoms with Gasteiger partial charge in [0.15, 0.2) is 5.76 Å². The molecule has 1 unspecified atom stereocenters. The van der Waals surface area contributed by atoms with Crippen LogP contribution in [0.15, 0.2) is 78.1 Å². The van der Waals surface area contributed by atoms with E-state index in [-0.39, 0.29) is 24.3 Å². The summed E-state index contributed by atoms with van der Waals surface area (Å²) in [5.74, 6) is 4.95. The Morgan fingerprint density at radius 3 is 2.38 bits per heavy atom. The second-order valence-electron chi connectivity index (χ2n) is 7.89. The molecule has 0 aliphatic heterocycles. The van der Waals surface area contributed by atoms with Gasteiger partial charge in [-0.05, 0) is 43.9 Å². The van der Waals surface area contributed by atoms with Gasteiger partial charge in [-0.2, -0.15) is 0 Å². The molecule has 5 nitrogen and oxygen atoms in total. The van der Waals surface area contributed by atoms with Crippen molar-refractivity contribution in [3.63, 3.8) is 0 Å². The fourth-order valence-electron chi connectivity index (χ4n) is 3.32. The highest BCUT2D eigenvalue weighted by Crippen LogP contribution is 2.36. The molecule has 1 aliphatic rings. The van der Waals surface area contributed by atoms with Crippen LogP contribution in [0.1, 0.15) is 31.9 Å². The van der Waals surface area contributed by atoms with Crippen LogP contribution in [0.5, 0.6) is 0 Å². The summed E-state index contributed by atoms with van der Waals surface area (Å²) in [5.41, 5.74) is 0.291. The van der Waals surface area contributed by atoms with Gasteiger partial charge in [-0.25, -0.2) is 0 Å². The normalized spacial score (nSPS) is 17.7. The van der Waals surface area contributed by atoms with E-state index in [2.05, 4.69) is 11.8 Å². The van der Waals surface area contributed by atoms with E-state index in [0.29, 0.717) is 12.1 Å². The highest BCUT2D eigenvalue weighted by atomic mass is 16.5. The highest BCUT2D eigenvalue weighted by molar-refractivity contribution is 6.13. The van der Waals surface area contributed by atoms with Crippen LogP contribution in [0.25, 0.3) is 6.08 Å². The first-order valence-corrected chi connectivity index (χ1v) is 10.5. The second kappa shape index (κ2) is 10.1. The summed E-state index contributed by atoms with van der Waals surface area (Å²) in [6.07, 6.45) is 3.05. The molecule has 3 rings (SSSR count). The van der Waals surface area contributed by atoms with Gasteiger partial charge in [-0.1, -0.05) is 66.6 Å². The molecular weight excluding hydrogens is 402 g/mol. The van der Waals surface area contributed by atoms with Gasteiger partial charge in [-0.15, -0.1) is 0 Å². The SMILES string of the molecule is CC1=C(OC(C)C)C(O)(C#CCN(Cc2ccccc2)C(=O)/C=C/c2ccccc2)C1=O. The monoisotopic (exact) mass is 429 g/mol. The Kier molecular flexibility index (Phi) is 7.29. The van der Waals surface area contributed by atoms with Crippen LogP contribution in [0.4, 0.5) is 0 Å². The smallest absolute Gasteiger partial charge is 0.247 e. The molecule has 1 aliphatic carbocycles. The standard InChI is InChI=1S/C27H27NO4/c1-20(2)32-26-21(3)25(30)27(26,31)17-10-18-28(19-23-13-8-5-9-14-23)24(29)16-15-22-11-6-4-7-12-22/h4-9,11-16,20,31H,18-19H2,1-3H3/b16-15+. The number of carbonyl (C=O) groups excluding carboxylic acids is 2. The lowest BCUT2D eigenvalue weighted by Gasteiger charge is -2.35. The molecule has 2 aromatic rings. The van der Waals surface area contributed by atoms with Crippen molar-refractivity contribution < 1.29 is 19.4 Å². The molecule has 164 valence electrons. The molecule has 0 aromatic heterocycles. The maximum atomic E-state index is 12.9.